The third kappa shape index (κ3) is 18.7. The fraction of sp³-hybridized carbons (Fsp3) is 0. The molecule has 0 heterocycles. The first-order chi connectivity index (χ1) is 33.1. The van der Waals surface area contributed by atoms with E-state index < -0.39 is 15.7 Å². The van der Waals surface area contributed by atoms with Crippen LogP contribution in [0.4, 0.5) is 20.2 Å². The van der Waals surface area contributed by atoms with Crippen LogP contribution in [0.2, 0.25) is 0 Å². The van der Waals surface area contributed by atoms with Gasteiger partial charge in [-0.15, -0.1) is 0 Å². The summed E-state index contributed by atoms with van der Waals surface area (Å²) >= 11 is 3.30. The third-order valence-electron chi connectivity index (χ3n) is 8.82. The van der Waals surface area contributed by atoms with Gasteiger partial charge in [0.25, 0.3) is 11.4 Å². The first-order valence-electron chi connectivity index (χ1n) is 19.6. The lowest BCUT2D eigenvalue weighted by atomic mass is 10.1. The molecule has 12 nitrogen and oxygen atoms in total. The summed E-state index contributed by atoms with van der Waals surface area (Å²) < 4.78 is 26.3. The van der Waals surface area contributed by atoms with Gasteiger partial charge in [-0.3, -0.25) is 49.0 Å². The zero-order valence-electron chi connectivity index (χ0n) is 36.8. The minimum absolute atomic E-state index is 0.0412. The standard InChI is InChI=1S/C9H7BrO.2C9H7FO.2C9H7NO3.C9H8O/c2*1-2-7-5-9(10)4-3-8(7)6-11;1-2-8-7(6-11)4-3-5-9(8)10;1-2-7-5-9(10(12)13)4-3-8(7)6-11;1-2-8-7(6-11)4-3-5-9(8)10(12)13;1-2-8-5-3-4-6-9(8)7-10/h3*2-6H,1H2;2*2-6H,1H2;2-7H,1H2. The van der Waals surface area contributed by atoms with Crippen molar-refractivity contribution >= 4 is 101 Å². The molecule has 0 atom stereocenters. The Morgan fingerprint density at radius 3 is 1.25 bits per heavy atom. The SMILES string of the molecule is C=Cc1c(C=O)cccc1[N+](=O)[O-].C=Cc1c(F)cccc1C=O.C=Cc1cc(Br)ccc1C=O.C=Cc1cc(F)ccc1C=O.C=Cc1cc([N+](=O)[O-])ccc1C=O.C=Cc1ccccc1C=O. The molecule has 0 amide bonds. The lowest BCUT2D eigenvalue weighted by Gasteiger charge is -1.98. The van der Waals surface area contributed by atoms with Crippen molar-refractivity contribution in [1.82, 2.24) is 0 Å². The van der Waals surface area contributed by atoms with Crippen molar-refractivity contribution in [3.8, 4) is 0 Å². The van der Waals surface area contributed by atoms with E-state index in [4.69, 9.17) is 0 Å². The maximum absolute atomic E-state index is 12.8. The van der Waals surface area contributed by atoms with E-state index in [1.807, 2.05) is 30.3 Å². The van der Waals surface area contributed by atoms with E-state index in [1.54, 1.807) is 30.4 Å². The van der Waals surface area contributed by atoms with Gasteiger partial charge in [0.1, 0.15) is 11.6 Å². The Morgan fingerprint density at radius 2 is 0.812 bits per heavy atom. The molecule has 0 spiro atoms. The lowest BCUT2D eigenvalue weighted by molar-refractivity contribution is -0.385. The third-order valence-corrected chi connectivity index (χ3v) is 9.32. The van der Waals surface area contributed by atoms with Crippen LogP contribution in [0.25, 0.3) is 36.5 Å². The van der Waals surface area contributed by atoms with Gasteiger partial charge >= 0.3 is 0 Å². The lowest BCUT2D eigenvalue weighted by Crippen LogP contribution is -1.94. The Bertz CT molecular complexity index is 2770. The molecule has 0 aliphatic carbocycles. The molecule has 6 rings (SSSR count). The van der Waals surface area contributed by atoms with E-state index in [9.17, 15) is 57.8 Å². The average molecular weight is 998 g/mol. The van der Waals surface area contributed by atoms with Crippen LogP contribution in [0.5, 0.6) is 0 Å². The van der Waals surface area contributed by atoms with E-state index in [0.717, 1.165) is 28.2 Å². The number of halogens is 3. The topological polar surface area (TPSA) is 189 Å². The molecule has 350 valence electrons. The molecular formula is C54H43BrF2N2O10. The maximum Gasteiger partial charge on any atom is 0.277 e. The summed E-state index contributed by atoms with van der Waals surface area (Å²) in [5.41, 5.74) is 5.98. The van der Waals surface area contributed by atoms with Crippen LogP contribution in [0.1, 0.15) is 95.5 Å². The van der Waals surface area contributed by atoms with E-state index >= 15 is 0 Å². The van der Waals surface area contributed by atoms with Crippen LogP contribution in [-0.2, 0) is 0 Å². The van der Waals surface area contributed by atoms with Crippen molar-refractivity contribution in [2.45, 2.75) is 0 Å². The monoisotopic (exact) mass is 996 g/mol. The number of aldehydes is 6. The molecule has 6 aromatic carbocycles. The number of non-ortho nitro benzene ring substituents is 1. The smallest absolute Gasteiger partial charge is 0.277 e. The molecule has 0 aliphatic heterocycles. The molecule has 0 saturated heterocycles. The molecule has 0 aliphatic rings. The number of nitro benzene ring substituents is 2. The molecule has 69 heavy (non-hydrogen) atoms. The second kappa shape index (κ2) is 31.7. The largest absolute Gasteiger partial charge is 0.298 e. The molecule has 0 saturated carbocycles. The van der Waals surface area contributed by atoms with Gasteiger partial charge in [-0.2, -0.15) is 0 Å². The van der Waals surface area contributed by atoms with E-state index in [0.29, 0.717) is 64.1 Å². The first kappa shape index (κ1) is 57.9. The van der Waals surface area contributed by atoms with Crippen LogP contribution in [0, 0.1) is 31.9 Å². The van der Waals surface area contributed by atoms with Gasteiger partial charge in [0.2, 0.25) is 0 Å². The van der Waals surface area contributed by atoms with E-state index in [-0.39, 0.29) is 33.9 Å². The van der Waals surface area contributed by atoms with Gasteiger partial charge in [-0.1, -0.05) is 140 Å². The van der Waals surface area contributed by atoms with Crippen molar-refractivity contribution in [2.24, 2.45) is 0 Å². The molecule has 0 bridgehead atoms. The summed E-state index contributed by atoms with van der Waals surface area (Å²) in [4.78, 5) is 82.2. The fourth-order valence-electron chi connectivity index (χ4n) is 5.35. The predicted molar refractivity (Wildman–Crippen MR) is 272 cm³/mol. The number of nitro groups is 2. The number of benzene rings is 6. The number of carbonyl (C=O) groups is 6. The summed E-state index contributed by atoms with van der Waals surface area (Å²) in [5.74, 6) is -0.768. The van der Waals surface area contributed by atoms with Gasteiger partial charge < -0.3 is 0 Å². The molecular weight excluding hydrogens is 954 g/mol. The summed E-state index contributed by atoms with van der Waals surface area (Å²) in [6.07, 6.45) is 13.0. The van der Waals surface area contributed by atoms with Crippen molar-refractivity contribution in [3.63, 3.8) is 0 Å². The van der Waals surface area contributed by atoms with E-state index in [1.165, 1.54) is 91.0 Å². The normalized spacial score (nSPS) is 9.14. The minimum atomic E-state index is -0.538. The van der Waals surface area contributed by atoms with Gasteiger partial charge in [0.15, 0.2) is 37.7 Å². The van der Waals surface area contributed by atoms with Crippen molar-refractivity contribution in [1.29, 1.82) is 0 Å². The Morgan fingerprint density at radius 1 is 0.406 bits per heavy atom. The molecule has 6 aromatic rings. The van der Waals surface area contributed by atoms with Crippen LogP contribution in [0.15, 0.2) is 159 Å². The van der Waals surface area contributed by atoms with Crippen molar-refractivity contribution in [2.75, 3.05) is 0 Å². The van der Waals surface area contributed by atoms with Crippen LogP contribution >= 0.6 is 15.9 Å². The van der Waals surface area contributed by atoms with Crippen LogP contribution in [-0.4, -0.2) is 47.6 Å². The Kier molecular flexibility index (Phi) is 26.6. The predicted octanol–water partition coefficient (Wildman–Crippen LogP) is 13.7. The molecule has 0 radical (unpaired) electrons. The Hall–Kier alpha value is -9.08. The summed E-state index contributed by atoms with van der Waals surface area (Å²) in [6.45, 7) is 20.9. The van der Waals surface area contributed by atoms with Crippen LogP contribution < -0.4 is 0 Å². The summed E-state index contributed by atoms with van der Waals surface area (Å²) in [5, 5.41) is 20.8. The average Bonchev–Trinajstić information content (AvgIpc) is 3.38. The Balaban J connectivity index is 0.000000415. The molecule has 15 heteroatoms. The highest BCUT2D eigenvalue weighted by Gasteiger charge is 2.13. The maximum atomic E-state index is 12.8. The second-order valence-electron chi connectivity index (χ2n) is 13.0. The molecule has 0 fully saturated rings. The van der Waals surface area contributed by atoms with Crippen LogP contribution in [0.3, 0.4) is 0 Å². The number of carbonyl (C=O) groups excluding carboxylic acids is 6. The van der Waals surface area contributed by atoms with Gasteiger partial charge in [0.05, 0.1) is 15.4 Å². The highest BCUT2D eigenvalue weighted by Crippen LogP contribution is 2.22. The van der Waals surface area contributed by atoms with Gasteiger partial charge in [-0.05, 0) is 70.8 Å². The number of hydrogen-bond acceptors (Lipinski definition) is 10. The zero-order valence-corrected chi connectivity index (χ0v) is 38.3. The number of nitrogens with zero attached hydrogens (tertiary/aromatic N) is 2. The van der Waals surface area contributed by atoms with Gasteiger partial charge in [-0.25, -0.2) is 8.78 Å². The number of hydrogen-bond donors (Lipinski definition) is 0. The highest BCUT2D eigenvalue weighted by atomic mass is 79.9. The molecule has 0 unspecified atom stereocenters. The van der Waals surface area contributed by atoms with Crippen molar-refractivity contribution in [3.05, 3.63) is 258 Å². The quantitative estimate of drug-likeness (QED) is 0.0577. The van der Waals surface area contributed by atoms with E-state index in [2.05, 4.69) is 55.4 Å². The number of rotatable bonds is 14. The second-order valence-corrected chi connectivity index (χ2v) is 13.9. The minimum Gasteiger partial charge on any atom is -0.298 e. The fourth-order valence-corrected chi connectivity index (χ4v) is 5.73. The first-order valence-corrected chi connectivity index (χ1v) is 20.4. The Labute approximate surface area is 405 Å². The molecule has 0 aromatic heterocycles. The highest BCUT2D eigenvalue weighted by molar-refractivity contribution is 9.10. The van der Waals surface area contributed by atoms with Gasteiger partial charge in [0, 0.05) is 61.6 Å². The molecule has 0 N–H and O–H groups in total. The zero-order chi connectivity index (χ0) is 51.9. The summed E-state index contributed by atoms with van der Waals surface area (Å²) in [7, 11) is 0. The summed E-state index contributed by atoms with van der Waals surface area (Å²) in [6, 6.07) is 29.4. The van der Waals surface area contributed by atoms with Crippen molar-refractivity contribution < 1.29 is 47.4 Å².